The molecule has 2 N–H and O–H groups in total. The third-order valence-electron chi connectivity index (χ3n) is 4.91. The van der Waals surface area contributed by atoms with Crippen molar-refractivity contribution < 1.29 is 17.9 Å². The highest BCUT2D eigenvalue weighted by atomic mass is 32.2. The van der Waals surface area contributed by atoms with Gasteiger partial charge in [-0.2, -0.15) is 0 Å². The van der Waals surface area contributed by atoms with Crippen molar-refractivity contribution in [2.24, 2.45) is 5.92 Å². The van der Waals surface area contributed by atoms with E-state index in [4.69, 9.17) is 4.74 Å². The number of carbonyl (C=O) groups is 1. The van der Waals surface area contributed by atoms with Gasteiger partial charge in [-0.3, -0.25) is 4.79 Å². The summed E-state index contributed by atoms with van der Waals surface area (Å²) < 4.78 is 32.5. The predicted octanol–water partition coefficient (Wildman–Crippen LogP) is 3.80. The first kappa shape index (κ1) is 23.9. The average molecular weight is 433 g/mol. The van der Waals surface area contributed by atoms with Gasteiger partial charge in [0.25, 0.3) is 5.91 Å². The lowest BCUT2D eigenvalue weighted by atomic mass is 9.96. The van der Waals surface area contributed by atoms with Crippen LogP contribution in [0.1, 0.15) is 49.1 Å². The second-order valence-corrected chi connectivity index (χ2v) is 9.86. The van der Waals surface area contributed by atoms with Crippen molar-refractivity contribution in [1.29, 1.82) is 0 Å². The second-order valence-electron chi connectivity index (χ2n) is 8.09. The Hall–Kier alpha value is -2.38. The Kier molecular flexibility index (Phi) is 8.03. The van der Waals surface area contributed by atoms with Crippen LogP contribution in [-0.2, 0) is 14.8 Å². The monoisotopic (exact) mass is 432 g/mol. The molecule has 2 aromatic rings. The zero-order valence-electron chi connectivity index (χ0n) is 18.6. The molecule has 1 amide bonds. The number of nitrogens with one attached hydrogen (secondary N) is 2. The zero-order chi connectivity index (χ0) is 22.5. The number of benzene rings is 2. The van der Waals surface area contributed by atoms with Gasteiger partial charge in [0.05, 0.1) is 10.9 Å². The van der Waals surface area contributed by atoms with Crippen molar-refractivity contribution in [3.8, 4) is 5.75 Å². The van der Waals surface area contributed by atoms with Gasteiger partial charge in [0, 0.05) is 6.54 Å². The molecule has 0 aromatic heterocycles. The van der Waals surface area contributed by atoms with E-state index < -0.39 is 10.0 Å². The molecule has 0 unspecified atom stereocenters. The minimum atomic E-state index is -3.55. The number of hydrogen-bond donors (Lipinski definition) is 2. The van der Waals surface area contributed by atoms with Gasteiger partial charge in [0.15, 0.2) is 6.61 Å². The van der Waals surface area contributed by atoms with Crippen molar-refractivity contribution in [2.75, 3.05) is 13.2 Å². The Labute approximate surface area is 180 Å². The van der Waals surface area contributed by atoms with Crippen LogP contribution in [0, 0.1) is 26.7 Å². The van der Waals surface area contributed by atoms with Crippen LogP contribution in [0.5, 0.6) is 5.75 Å². The molecule has 0 saturated heterocycles. The van der Waals surface area contributed by atoms with Gasteiger partial charge in [-0.15, -0.1) is 0 Å². The zero-order valence-corrected chi connectivity index (χ0v) is 19.4. The molecule has 7 heteroatoms. The number of sulfonamides is 1. The van der Waals surface area contributed by atoms with Crippen molar-refractivity contribution in [3.05, 3.63) is 58.7 Å². The molecule has 1 atom stereocenters. The van der Waals surface area contributed by atoms with Crippen molar-refractivity contribution in [1.82, 2.24) is 10.0 Å². The minimum absolute atomic E-state index is 0.139. The summed E-state index contributed by atoms with van der Waals surface area (Å²) in [7, 11) is -3.55. The van der Waals surface area contributed by atoms with Gasteiger partial charge in [0.1, 0.15) is 5.75 Å². The summed E-state index contributed by atoms with van der Waals surface area (Å²) in [6.07, 6.45) is 0. The smallest absolute Gasteiger partial charge is 0.258 e. The van der Waals surface area contributed by atoms with Crippen LogP contribution in [0.3, 0.4) is 0 Å². The maximum atomic E-state index is 12.3. The normalized spacial score (nSPS) is 12.6. The number of carbonyl (C=O) groups excluding carboxylic acids is 1. The minimum Gasteiger partial charge on any atom is -0.484 e. The Bertz CT molecular complexity index is 983. The summed E-state index contributed by atoms with van der Waals surface area (Å²) in [6.45, 7) is 12.2. The van der Waals surface area contributed by atoms with E-state index in [0.29, 0.717) is 12.3 Å². The summed E-state index contributed by atoms with van der Waals surface area (Å²) in [5.74, 6) is 0.411. The molecular formula is C23H32N2O4S. The molecule has 0 aliphatic heterocycles. The Morgan fingerprint density at radius 1 is 0.967 bits per heavy atom. The number of rotatable bonds is 9. The largest absolute Gasteiger partial charge is 0.484 e. The highest BCUT2D eigenvalue weighted by molar-refractivity contribution is 7.89. The average Bonchev–Trinajstić information content (AvgIpc) is 2.68. The molecule has 6 nitrogen and oxygen atoms in total. The quantitative estimate of drug-likeness (QED) is 0.631. The van der Waals surface area contributed by atoms with Gasteiger partial charge in [-0.25, -0.2) is 13.1 Å². The lowest BCUT2D eigenvalue weighted by Crippen LogP contribution is -2.31. The number of ether oxygens (including phenoxy) is 1. The summed E-state index contributed by atoms with van der Waals surface area (Å²) in [4.78, 5) is 12.5. The van der Waals surface area contributed by atoms with Crippen LogP contribution in [0.25, 0.3) is 0 Å². The van der Waals surface area contributed by atoms with Crippen LogP contribution >= 0.6 is 0 Å². The molecule has 0 heterocycles. The van der Waals surface area contributed by atoms with Crippen molar-refractivity contribution in [3.63, 3.8) is 0 Å². The first-order chi connectivity index (χ1) is 14.0. The molecule has 0 bridgehead atoms. The van der Waals surface area contributed by atoms with Crippen LogP contribution in [0.2, 0.25) is 0 Å². The molecule has 0 saturated carbocycles. The molecule has 0 spiro atoms. The molecule has 0 fully saturated rings. The van der Waals surface area contributed by atoms with E-state index in [9.17, 15) is 13.2 Å². The molecule has 2 aromatic carbocycles. The second kappa shape index (κ2) is 10.1. The molecule has 0 aliphatic rings. The Morgan fingerprint density at radius 2 is 1.57 bits per heavy atom. The maximum Gasteiger partial charge on any atom is 0.258 e. The lowest BCUT2D eigenvalue weighted by Gasteiger charge is -2.18. The Balaban J connectivity index is 1.93. The molecule has 0 radical (unpaired) electrons. The fraction of sp³-hybridized carbons (Fsp3) is 0.435. The van der Waals surface area contributed by atoms with Crippen LogP contribution in [0.4, 0.5) is 0 Å². The van der Waals surface area contributed by atoms with Gasteiger partial charge in [-0.05, 0) is 80.1 Å². The van der Waals surface area contributed by atoms with Crippen molar-refractivity contribution in [2.45, 2.75) is 52.5 Å². The first-order valence-electron chi connectivity index (χ1n) is 10.1. The van der Waals surface area contributed by atoms with Crippen LogP contribution in [-0.4, -0.2) is 27.5 Å². The standard InChI is InChI=1S/C23H32N2O4S/c1-15(2)13-24-30(27,28)21-9-7-20(8-10-21)29-14-23(26)25-19(6)22-12-17(4)16(3)11-18(22)5/h7-12,15,19,24H,13-14H2,1-6H3,(H,25,26)/t19-/m0/s1. The SMILES string of the molecule is Cc1cc(C)c([C@H](C)NC(=O)COc2ccc(S(=O)(=O)NCC(C)C)cc2)cc1C. The van der Waals surface area contributed by atoms with E-state index in [1.807, 2.05) is 27.7 Å². The molecule has 30 heavy (non-hydrogen) atoms. The van der Waals surface area contributed by atoms with E-state index in [0.717, 1.165) is 11.1 Å². The molecular weight excluding hydrogens is 400 g/mol. The third kappa shape index (κ3) is 6.57. The summed E-state index contributed by atoms with van der Waals surface area (Å²) in [5, 5.41) is 2.95. The molecule has 0 aliphatic carbocycles. The first-order valence-corrected chi connectivity index (χ1v) is 11.6. The highest BCUT2D eigenvalue weighted by Gasteiger charge is 2.15. The number of amides is 1. The van der Waals surface area contributed by atoms with Gasteiger partial charge >= 0.3 is 0 Å². The fourth-order valence-corrected chi connectivity index (χ4v) is 4.25. The number of aryl methyl sites for hydroxylation is 3. The van der Waals surface area contributed by atoms with E-state index >= 15 is 0 Å². The Morgan fingerprint density at radius 3 is 2.17 bits per heavy atom. The predicted molar refractivity (Wildman–Crippen MR) is 119 cm³/mol. The lowest BCUT2D eigenvalue weighted by molar-refractivity contribution is -0.123. The van der Waals surface area contributed by atoms with Crippen LogP contribution < -0.4 is 14.8 Å². The molecule has 2 rings (SSSR count). The fourth-order valence-electron chi connectivity index (χ4n) is 3.03. The topological polar surface area (TPSA) is 84.5 Å². The van der Waals surface area contributed by atoms with E-state index in [2.05, 4.69) is 36.0 Å². The third-order valence-corrected chi connectivity index (χ3v) is 6.35. The maximum absolute atomic E-state index is 12.3. The van der Waals surface area contributed by atoms with Gasteiger partial charge in [0.2, 0.25) is 10.0 Å². The summed E-state index contributed by atoms with van der Waals surface area (Å²) in [5.41, 5.74) is 4.62. The highest BCUT2D eigenvalue weighted by Crippen LogP contribution is 2.22. The van der Waals surface area contributed by atoms with E-state index in [-0.39, 0.29) is 29.4 Å². The summed E-state index contributed by atoms with van der Waals surface area (Å²) in [6, 6.07) is 10.1. The molecule has 164 valence electrons. The van der Waals surface area contributed by atoms with E-state index in [1.54, 1.807) is 12.1 Å². The van der Waals surface area contributed by atoms with E-state index in [1.165, 1.54) is 23.3 Å². The van der Waals surface area contributed by atoms with Crippen molar-refractivity contribution >= 4 is 15.9 Å². The van der Waals surface area contributed by atoms with Gasteiger partial charge < -0.3 is 10.1 Å². The summed E-state index contributed by atoms with van der Waals surface area (Å²) >= 11 is 0. The van der Waals surface area contributed by atoms with Crippen LogP contribution in [0.15, 0.2) is 41.3 Å². The number of hydrogen-bond acceptors (Lipinski definition) is 4. The van der Waals surface area contributed by atoms with Gasteiger partial charge in [-0.1, -0.05) is 26.0 Å².